The minimum absolute atomic E-state index is 0.0515. The lowest BCUT2D eigenvalue weighted by atomic mass is 10.2. The smallest absolute Gasteiger partial charge is 0.421 e. The van der Waals surface area contributed by atoms with E-state index >= 15 is 0 Å². The number of halogens is 4. The number of alkyl halides is 3. The van der Waals surface area contributed by atoms with Crippen molar-refractivity contribution in [2.45, 2.75) is 25.9 Å². The van der Waals surface area contributed by atoms with Gasteiger partial charge in [0.2, 0.25) is 5.95 Å². The van der Waals surface area contributed by atoms with Gasteiger partial charge >= 0.3 is 6.18 Å². The Morgan fingerprint density at radius 2 is 1.60 bits per heavy atom. The van der Waals surface area contributed by atoms with Crippen molar-refractivity contribution in [3.05, 3.63) is 63.9 Å². The lowest BCUT2D eigenvalue weighted by Crippen LogP contribution is -2.12. The zero-order chi connectivity index (χ0) is 21.6. The average molecular weight is 528 g/mol. The van der Waals surface area contributed by atoms with Crippen LogP contribution in [0.4, 0.5) is 36.3 Å². The number of unbranched alkanes of at least 4 members (excludes halogenated alkanes) is 1. The van der Waals surface area contributed by atoms with Crippen LogP contribution in [0.2, 0.25) is 0 Å². The predicted octanol–water partition coefficient (Wildman–Crippen LogP) is 6.77. The minimum atomic E-state index is -4.58. The summed E-state index contributed by atoms with van der Waals surface area (Å²) in [6.45, 7) is 2.72. The fraction of sp³-hybridized carbons (Fsp3) is 0.238. The van der Waals surface area contributed by atoms with Gasteiger partial charge in [0.25, 0.3) is 0 Å². The lowest BCUT2D eigenvalue weighted by Gasteiger charge is -2.15. The molecule has 0 aliphatic heterocycles. The van der Waals surface area contributed by atoms with Gasteiger partial charge in [-0.3, -0.25) is 0 Å². The van der Waals surface area contributed by atoms with Crippen molar-refractivity contribution < 1.29 is 17.9 Å². The number of anilines is 4. The first-order valence-corrected chi connectivity index (χ1v) is 10.4. The van der Waals surface area contributed by atoms with Gasteiger partial charge in [-0.05, 0) is 77.5 Å². The first kappa shape index (κ1) is 22.1. The van der Waals surface area contributed by atoms with Gasteiger partial charge in [-0.25, -0.2) is 4.98 Å². The average Bonchev–Trinajstić information content (AvgIpc) is 2.70. The van der Waals surface area contributed by atoms with Gasteiger partial charge in [-0.1, -0.05) is 13.3 Å². The van der Waals surface area contributed by atoms with Crippen LogP contribution in [0, 0.1) is 3.57 Å². The highest BCUT2D eigenvalue weighted by Gasteiger charge is 2.35. The normalized spacial score (nSPS) is 11.2. The van der Waals surface area contributed by atoms with E-state index in [4.69, 9.17) is 4.74 Å². The molecule has 0 aliphatic rings. The van der Waals surface area contributed by atoms with Crippen LogP contribution >= 0.6 is 22.6 Å². The second-order valence-corrected chi connectivity index (χ2v) is 7.68. The highest BCUT2D eigenvalue weighted by molar-refractivity contribution is 14.1. The van der Waals surface area contributed by atoms with Crippen molar-refractivity contribution in [1.29, 1.82) is 0 Å². The Hall–Kier alpha value is -2.56. The van der Waals surface area contributed by atoms with Gasteiger partial charge in [-0.2, -0.15) is 18.2 Å². The molecule has 0 radical (unpaired) electrons. The standard InChI is InChI=1S/C21H20F3IN4O/c1-2-3-12-30-17-10-8-16(9-11-17)28-20-26-13-18(21(22,23)24)19(29-20)27-15-6-4-14(25)5-7-15/h4-11,13H,2-3,12H2,1H3,(H2,26,27,28,29). The third-order valence-electron chi connectivity index (χ3n) is 4.08. The summed E-state index contributed by atoms with van der Waals surface area (Å²) in [7, 11) is 0. The maximum Gasteiger partial charge on any atom is 0.421 e. The Morgan fingerprint density at radius 1 is 0.967 bits per heavy atom. The van der Waals surface area contributed by atoms with E-state index in [-0.39, 0.29) is 11.8 Å². The predicted molar refractivity (Wildman–Crippen MR) is 120 cm³/mol. The Morgan fingerprint density at radius 3 is 2.23 bits per heavy atom. The molecule has 0 amide bonds. The molecule has 158 valence electrons. The van der Waals surface area contributed by atoms with Gasteiger partial charge < -0.3 is 15.4 Å². The number of nitrogens with zero attached hydrogens (tertiary/aromatic N) is 2. The molecule has 2 aromatic carbocycles. The maximum absolute atomic E-state index is 13.4. The molecule has 1 aromatic heterocycles. The summed E-state index contributed by atoms with van der Waals surface area (Å²) in [4.78, 5) is 7.87. The molecule has 2 N–H and O–H groups in total. The summed E-state index contributed by atoms with van der Waals surface area (Å²) < 4.78 is 46.7. The van der Waals surface area contributed by atoms with Gasteiger partial charge in [-0.15, -0.1) is 0 Å². The molecule has 0 bridgehead atoms. The molecule has 0 atom stereocenters. The zero-order valence-electron chi connectivity index (χ0n) is 16.1. The van der Waals surface area contributed by atoms with Gasteiger partial charge in [0.05, 0.1) is 6.61 Å². The summed E-state index contributed by atoms with van der Waals surface area (Å²) in [6, 6.07) is 14.0. The number of aromatic nitrogens is 2. The molecule has 3 aromatic rings. The molecule has 0 fully saturated rings. The van der Waals surface area contributed by atoms with Crippen molar-refractivity contribution >= 4 is 45.7 Å². The highest BCUT2D eigenvalue weighted by atomic mass is 127. The zero-order valence-corrected chi connectivity index (χ0v) is 18.3. The van der Waals surface area contributed by atoms with Gasteiger partial charge in [0.15, 0.2) is 0 Å². The van der Waals surface area contributed by atoms with Crippen molar-refractivity contribution in [2.24, 2.45) is 0 Å². The SMILES string of the molecule is CCCCOc1ccc(Nc2ncc(C(F)(F)F)c(Nc3ccc(I)cc3)n2)cc1. The van der Waals surface area contributed by atoms with Crippen molar-refractivity contribution in [3.8, 4) is 5.75 Å². The summed E-state index contributed by atoms with van der Waals surface area (Å²) in [5.74, 6) is 0.458. The van der Waals surface area contributed by atoms with Crippen LogP contribution in [0.15, 0.2) is 54.7 Å². The number of ether oxygens (including phenoxy) is 1. The van der Waals surface area contributed by atoms with E-state index < -0.39 is 11.7 Å². The number of nitrogens with one attached hydrogen (secondary N) is 2. The summed E-state index contributed by atoms with van der Waals surface area (Å²) in [6.07, 6.45) is -1.80. The second kappa shape index (κ2) is 9.96. The number of hydrogen-bond acceptors (Lipinski definition) is 5. The van der Waals surface area contributed by atoms with Gasteiger partial charge in [0, 0.05) is 21.1 Å². The quantitative estimate of drug-likeness (QED) is 0.250. The molecule has 1 heterocycles. The van der Waals surface area contributed by atoms with E-state index in [2.05, 4.69) is 50.1 Å². The van der Waals surface area contributed by atoms with Crippen LogP contribution < -0.4 is 15.4 Å². The van der Waals surface area contributed by atoms with Crippen LogP contribution in [0.25, 0.3) is 0 Å². The topological polar surface area (TPSA) is 59.1 Å². The summed E-state index contributed by atoms with van der Waals surface area (Å²) in [5, 5.41) is 5.66. The van der Waals surface area contributed by atoms with Crippen LogP contribution in [0.3, 0.4) is 0 Å². The van der Waals surface area contributed by atoms with E-state index in [1.165, 1.54) is 0 Å². The van der Waals surface area contributed by atoms with Crippen molar-refractivity contribution in [2.75, 3.05) is 17.2 Å². The van der Waals surface area contributed by atoms with E-state index in [0.29, 0.717) is 18.0 Å². The molecule has 0 saturated carbocycles. The fourth-order valence-corrected chi connectivity index (χ4v) is 2.87. The van der Waals surface area contributed by atoms with Crippen molar-refractivity contribution in [1.82, 2.24) is 9.97 Å². The molecule has 3 rings (SSSR count). The Bertz CT molecular complexity index is 963. The van der Waals surface area contributed by atoms with Crippen molar-refractivity contribution in [3.63, 3.8) is 0 Å². The number of rotatable bonds is 8. The molecule has 30 heavy (non-hydrogen) atoms. The molecule has 0 aliphatic carbocycles. The molecule has 9 heteroatoms. The summed E-state index contributed by atoms with van der Waals surface area (Å²) in [5.41, 5.74) is 0.197. The van der Waals surface area contributed by atoms with Crippen LogP contribution in [-0.2, 0) is 6.18 Å². The molecule has 0 spiro atoms. The molecule has 0 unspecified atom stereocenters. The maximum atomic E-state index is 13.4. The Labute approximate surface area is 186 Å². The minimum Gasteiger partial charge on any atom is -0.494 e. The first-order valence-electron chi connectivity index (χ1n) is 9.32. The number of benzene rings is 2. The van der Waals surface area contributed by atoms with Crippen LogP contribution in [-0.4, -0.2) is 16.6 Å². The lowest BCUT2D eigenvalue weighted by molar-refractivity contribution is -0.137. The fourth-order valence-electron chi connectivity index (χ4n) is 2.51. The third kappa shape index (κ3) is 6.22. The van der Waals surface area contributed by atoms with Gasteiger partial charge in [0.1, 0.15) is 17.1 Å². The molecule has 0 saturated heterocycles. The van der Waals surface area contributed by atoms with E-state index in [0.717, 1.165) is 28.4 Å². The third-order valence-corrected chi connectivity index (χ3v) is 4.80. The number of hydrogen-bond donors (Lipinski definition) is 2. The monoisotopic (exact) mass is 528 g/mol. The van der Waals surface area contributed by atoms with E-state index in [1.807, 2.05) is 0 Å². The summed E-state index contributed by atoms with van der Waals surface area (Å²) >= 11 is 2.12. The Balaban J connectivity index is 1.79. The van der Waals surface area contributed by atoms with E-state index in [9.17, 15) is 13.2 Å². The first-order chi connectivity index (χ1) is 14.3. The molecular formula is C21H20F3IN4O. The largest absolute Gasteiger partial charge is 0.494 e. The van der Waals surface area contributed by atoms with Crippen LogP contribution in [0.5, 0.6) is 5.75 Å². The van der Waals surface area contributed by atoms with Crippen LogP contribution in [0.1, 0.15) is 25.3 Å². The molecular weight excluding hydrogens is 508 g/mol. The van der Waals surface area contributed by atoms with E-state index in [1.54, 1.807) is 48.5 Å². The second-order valence-electron chi connectivity index (χ2n) is 6.44. The molecule has 5 nitrogen and oxygen atoms in total. The highest BCUT2D eigenvalue weighted by Crippen LogP contribution is 2.35. The Kier molecular flexibility index (Phi) is 7.35.